The van der Waals surface area contributed by atoms with Crippen LogP contribution >= 0.6 is 23.1 Å². The van der Waals surface area contributed by atoms with E-state index in [1.165, 1.54) is 42.1 Å². The number of thioether (sulfide) groups is 1. The highest BCUT2D eigenvalue weighted by Gasteiger charge is 2.60. The van der Waals surface area contributed by atoms with Crippen LogP contribution in [-0.4, -0.2) is 87.6 Å². The molecule has 33 heavy (non-hydrogen) atoms. The number of nitrogens with zero attached hydrogens (tertiary/aromatic N) is 4. The van der Waals surface area contributed by atoms with Crippen LogP contribution in [0.4, 0.5) is 0 Å². The summed E-state index contributed by atoms with van der Waals surface area (Å²) in [5.74, 6) is -1.93. The first-order valence-corrected chi connectivity index (χ1v) is 13.4. The first kappa shape index (κ1) is 24.2. The standard InChI is InChI=1S/C19H25N5O6S3/c1-9-12(15(19(27)28)24-14(9)13(10(2)25)17(24)26)11-7-23-8-20-16(18(23)32-11)31-6-5-21-33(29,30)22(3)4/h7-10,13-14,21,25H,5-6H2,1-4H3,(H,27,28)/t9-,10+,13+,14+/m0/s1. The molecule has 11 nitrogen and oxygen atoms in total. The number of aliphatic hydroxyl groups excluding tert-OH is 1. The molecular formula is C19H25N5O6S3. The molecule has 0 aromatic carbocycles. The molecule has 0 unspecified atom stereocenters. The molecule has 0 saturated carbocycles. The molecule has 2 aliphatic rings. The van der Waals surface area contributed by atoms with Gasteiger partial charge in [-0.2, -0.15) is 12.7 Å². The maximum atomic E-state index is 12.6. The van der Waals surface area contributed by atoms with Crippen LogP contribution in [0.5, 0.6) is 0 Å². The van der Waals surface area contributed by atoms with Crippen LogP contribution in [0, 0.1) is 11.8 Å². The molecule has 2 aliphatic heterocycles. The third-order valence-electron chi connectivity index (χ3n) is 5.93. The van der Waals surface area contributed by atoms with Gasteiger partial charge in [0.1, 0.15) is 21.9 Å². The first-order chi connectivity index (χ1) is 15.5. The maximum absolute atomic E-state index is 12.6. The van der Waals surface area contributed by atoms with E-state index in [1.54, 1.807) is 23.8 Å². The SMILES string of the molecule is C[C@@H](O)[C@H]1C(=O)N2C(C(=O)O)=C(c3cn4cnc(SCCNS(=O)(=O)N(C)C)c4s3)[C@H](C)[C@H]12. The van der Waals surface area contributed by atoms with Crippen LogP contribution in [0.25, 0.3) is 10.4 Å². The van der Waals surface area contributed by atoms with Crippen molar-refractivity contribution in [2.75, 3.05) is 26.4 Å². The van der Waals surface area contributed by atoms with Crippen molar-refractivity contribution in [2.24, 2.45) is 11.8 Å². The third kappa shape index (κ3) is 3.98. The second-order valence-electron chi connectivity index (χ2n) is 8.21. The van der Waals surface area contributed by atoms with Crippen LogP contribution in [0.3, 0.4) is 0 Å². The number of carbonyl (C=O) groups is 2. The van der Waals surface area contributed by atoms with Crippen LogP contribution < -0.4 is 4.72 Å². The van der Waals surface area contributed by atoms with Gasteiger partial charge in [0, 0.05) is 44.1 Å². The fraction of sp³-hybridized carbons (Fsp3) is 0.526. The Morgan fingerprint density at radius 3 is 2.73 bits per heavy atom. The topological polar surface area (TPSA) is 145 Å². The highest BCUT2D eigenvalue weighted by molar-refractivity contribution is 7.99. The molecule has 0 radical (unpaired) electrons. The van der Waals surface area contributed by atoms with Crippen LogP contribution in [-0.2, 0) is 19.8 Å². The Morgan fingerprint density at radius 2 is 2.12 bits per heavy atom. The molecule has 0 spiro atoms. The minimum absolute atomic E-state index is 0.0286. The number of thiazole rings is 1. The van der Waals surface area contributed by atoms with Gasteiger partial charge in [-0.25, -0.2) is 14.5 Å². The normalized spacial score (nSPS) is 24.0. The van der Waals surface area contributed by atoms with Gasteiger partial charge in [0.05, 0.1) is 22.9 Å². The zero-order chi connectivity index (χ0) is 24.2. The Bertz CT molecular complexity index is 1250. The molecule has 1 amide bonds. The number of β-lactam (4-membered cyclic amide) rings is 1. The van der Waals surface area contributed by atoms with E-state index in [0.717, 1.165) is 14.0 Å². The molecular weight excluding hydrogens is 490 g/mol. The largest absolute Gasteiger partial charge is 0.477 e. The molecule has 180 valence electrons. The van der Waals surface area contributed by atoms with Crippen LogP contribution in [0.15, 0.2) is 23.2 Å². The zero-order valence-electron chi connectivity index (χ0n) is 18.4. The number of fused-ring (bicyclic) bond motifs is 2. The summed E-state index contributed by atoms with van der Waals surface area (Å²) < 4.78 is 29.0. The summed E-state index contributed by atoms with van der Waals surface area (Å²) in [6.45, 7) is 3.66. The number of hydrogen-bond donors (Lipinski definition) is 3. The second-order valence-corrected chi connectivity index (χ2v) is 12.3. The highest BCUT2D eigenvalue weighted by atomic mass is 32.2. The number of nitrogens with one attached hydrogen (secondary N) is 1. The van der Waals surface area contributed by atoms with Gasteiger partial charge in [-0.05, 0) is 6.92 Å². The molecule has 14 heteroatoms. The minimum Gasteiger partial charge on any atom is -0.477 e. The Morgan fingerprint density at radius 1 is 1.42 bits per heavy atom. The van der Waals surface area contributed by atoms with E-state index >= 15 is 0 Å². The predicted molar refractivity (Wildman–Crippen MR) is 124 cm³/mol. The predicted octanol–water partition coefficient (Wildman–Crippen LogP) is 0.537. The molecule has 1 fully saturated rings. The Hall–Kier alpha value is -1.97. The van der Waals surface area contributed by atoms with Crippen LogP contribution in [0.2, 0.25) is 0 Å². The molecule has 2 aromatic heterocycles. The van der Waals surface area contributed by atoms with E-state index in [-0.39, 0.29) is 30.1 Å². The van der Waals surface area contributed by atoms with Crippen molar-refractivity contribution in [1.29, 1.82) is 0 Å². The number of hydrogen-bond acceptors (Lipinski definition) is 8. The van der Waals surface area contributed by atoms with Crippen molar-refractivity contribution in [2.45, 2.75) is 31.0 Å². The number of rotatable bonds is 9. The van der Waals surface area contributed by atoms with Crippen molar-refractivity contribution >= 4 is 55.6 Å². The van der Waals surface area contributed by atoms with Gasteiger partial charge >= 0.3 is 5.97 Å². The smallest absolute Gasteiger partial charge is 0.352 e. The number of aliphatic hydroxyl groups is 1. The summed E-state index contributed by atoms with van der Waals surface area (Å²) >= 11 is 2.77. The number of carbonyl (C=O) groups excluding carboxylic acids is 1. The lowest BCUT2D eigenvalue weighted by Gasteiger charge is -2.46. The van der Waals surface area contributed by atoms with Gasteiger partial charge in [-0.1, -0.05) is 6.92 Å². The Kier molecular flexibility index (Phi) is 6.35. The van der Waals surface area contributed by atoms with Crippen molar-refractivity contribution in [3.05, 3.63) is 23.1 Å². The summed E-state index contributed by atoms with van der Waals surface area (Å²) in [5.41, 5.74) is 0.548. The quantitative estimate of drug-likeness (QED) is 0.249. The van der Waals surface area contributed by atoms with E-state index in [2.05, 4.69) is 9.71 Å². The van der Waals surface area contributed by atoms with E-state index in [9.17, 15) is 28.2 Å². The van der Waals surface area contributed by atoms with E-state index in [0.29, 0.717) is 16.4 Å². The van der Waals surface area contributed by atoms with Crippen molar-refractivity contribution < 1.29 is 28.2 Å². The number of aliphatic carboxylic acids is 1. The third-order valence-corrected chi connectivity index (χ3v) is 9.71. The minimum atomic E-state index is -3.49. The number of aromatic nitrogens is 2. The Labute approximate surface area is 199 Å². The fourth-order valence-corrected chi connectivity index (χ4v) is 7.25. The van der Waals surface area contributed by atoms with E-state index < -0.39 is 28.2 Å². The monoisotopic (exact) mass is 515 g/mol. The summed E-state index contributed by atoms with van der Waals surface area (Å²) in [6.07, 6.45) is 2.57. The average molecular weight is 516 g/mol. The van der Waals surface area contributed by atoms with Gasteiger partial charge in [0.15, 0.2) is 0 Å². The lowest BCUT2D eigenvalue weighted by molar-refractivity contribution is -0.163. The van der Waals surface area contributed by atoms with E-state index in [1.807, 2.05) is 6.92 Å². The molecule has 4 rings (SSSR count). The summed E-state index contributed by atoms with van der Waals surface area (Å²) in [7, 11) is -0.594. The molecule has 1 saturated heterocycles. The number of carboxylic acids is 1. The molecule has 0 bridgehead atoms. The van der Waals surface area contributed by atoms with Gasteiger partial charge in [-0.3, -0.25) is 9.20 Å². The molecule has 2 aromatic rings. The first-order valence-electron chi connectivity index (χ1n) is 10.2. The molecule has 4 heterocycles. The average Bonchev–Trinajstić information content (AvgIpc) is 3.35. The second kappa shape index (κ2) is 8.67. The number of imidazole rings is 1. The number of amides is 1. The van der Waals surface area contributed by atoms with Gasteiger partial charge in [0.25, 0.3) is 10.2 Å². The van der Waals surface area contributed by atoms with Gasteiger partial charge in [0.2, 0.25) is 5.91 Å². The van der Waals surface area contributed by atoms with Crippen molar-refractivity contribution in [3.8, 4) is 0 Å². The zero-order valence-corrected chi connectivity index (χ0v) is 20.9. The molecule has 4 atom stereocenters. The van der Waals surface area contributed by atoms with E-state index in [4.69, 9.17) is 0 Å². The van der Waals surface area contributed by atoms with Crippen molar-refractivity contribution in [1.82, 2.24) is 23.3 Å². The Balaban J connectivity index is 1.58. The number of carboxylic acid groups (broad SMARTS) is 1. The van der Waals surface area contributed by atoms with Gasteiger partial charge in [-0.15, -0.1) is 23.1 Å². The summed E-state index contributed by atoms with van der Waals surface area (Å²) in [5, 5.41) is 20.6. The molecule has 0 aliphatic carbocycles. The lowest BCUT2D eigenvalue weighted by atomic mass is 9.77. The summed E-state index contributed by atoms with van der Waals surface area (Å²) in [6, 6.07) is -0.378. The van der Waals surface area contributed by atoms with Crippen molar-refractivity contribution in [3.63, 3.8) is 0 Å². The maximum Gasteiger partial charge on any atom is 0.352 e. The van der Waals surface area contributed by atoms with Gasteiger partial charge < -0.3 is 15.1 Å². The molecule has 3 N–H and O–H groups in total. The summed E-state index contributed by atoms with van der Waals surface area (Å²) in [4.78, 5) is 31.8. The fourth-order valence-electron chi connectivity index (χ4n) is 4.34. The van der Waals surface area contributed by atoms with Crippen LogP contribution in [0.1, 0.15) is 18.7 Å². The lowest BCUT2D eigenvalue weighted by Crippen LogP contribution is -2.63. The highest BCUT2D eigenvalue weighted by Crippen LogP contribution is 2.51.